The van der Waals surface area contributed by atoms with Gasteiger partial charge in [-0.25, -0.2) is 9.97 Å². The predicted molar refractivity (Wildman–Crippen MR) is 72.7 cm³/mol. The minimum atomic E-state index is 0.0761. The third kappa shape index (κ3) is 2.27. The van der Waals surface area contributed by atoms with E-state index >= 15 is 0 Å². The first-order chi connectivity index (χ1) is 8.75. The number of hydrogen-bond acceptors (Lipinski definition) is 5. The Labute approximate surface area is 112 Å². The van der Waals surface area contributed by atoms with Crippen LogP contribution in [0.3, 0.4) is 0 Å². The fourth-order valence-electron chi connectivity index (χ4n) is 2.47. The maximum absolute atomic E-state index is 5.79. The number of fused-ring (bicyclic) bond motifs is 1. The summed E-state index contributed by atoms with van der Waals surface area (Å²) in [5, 5.41) is 3.36. The average Bonchev–Trinajstić information content (AvgIpc) is 2.86. The lowest BCUT2D eigenvalue weighted by atomic mass is 10.0. The first-order valence-corrected chi connectivity index (χ1v) is 7.71. The summed E-state index contributed by atoms with van der Waals surface area (Å²) in [6.45, 7) is 6.97. The Morgan fingerprint density at radius 1 is 1.33 bits per heavy atom. The van der Waals surface area contributed by atoms with Crippen molar-refractivity contribution in [2.24, 2.45) is 0 Å². The highest BCUT2D eigenvalue weighted by Crippen LogP contribution is 2.29. The van der Waals surface area contributed by atoms with Crippen LogP contribution in [0.1, 0.15) is 48.6 Å². The molecule has 1 aromatic heterocycles. The number of thioether (sulfide) groups is 1. The monoisotopic (exact) mass is 265 g/mol. The molecule has 3 heterocycles. The second kappa shape index (κ2) is 5.15. The van der Waals surface area contributed by atoms with E-state index in [-0.39, 0.29) is 6.10 Å². The normalized spacial score (nSPS) is 23.4. The summed E-state index contributed by atoms with van der Waals surface area (Å²) in [5.41, 5.74) is 3.67. The molecule has 2 aliphatic heterocycles. The molecule has 3 rings (SSSR count). The summed E-state index contributed by atoms with van der Waals surface area (Å²) in [6.07, 6.45) is 0.0761. The van der Waals surface area contributed by atoms with Gasteiger partial charge in [-0.15, -0.1) is 0 Å². The Hall–Kier alpha value is -0.650. The van der Waals surface area contributed by atoms with Gasteiger partial charge in [-0.1, -0.05) is 13.8 Å². The molecule has 5 heteroatoms. The number of hydrogen-bond donors (Lipinski definition) is 1. The maximum atomic E-state index is 5.79. The van der Waals surface area contributed by atoms with Gasteiger partial charge in [0.1, 0.15) is 6.10 Å². The van der Waals surface area contributed by atoms with E-state index in [1.54, 1.807) is 0 Å². The van der Waals surface area contributed by atoms with Crippen molar-refractivity contribution in [1.82, 2.24) is 15.3 Å². The van der Waals surface area contributed by atoms with Crippen LogP contribution in [-0.4, -0.2) is 28.1 Å². The number of aromatic nitrogens is 2. The topological polar surface area (TPSA) is 47.0 Å². The molecule has 0 bridgehead atoms. The van der Waals surface area contributed by atoms with Gasteiger partial charge in [0.25, 0.3) is 0 Å². The van der Waals surface area contributed by atoms with Gasteiger partial charge in [0.05, 0.1) is 18.0 Å². The van der Waals surface area contributed by atoms with E-state index in [0.29, 0.717) is 5.92 Å². The van der Waals surface area contributed by atoms with Gasteiger partial charge in [0, 0.05) is 30.2 Å². The molecule has 18 heavy (non-hydrogen) atoms. The van der Waals surface area contributed by atoms with Gasteiger partial charge < -0.3 is 10.1 Å². The molecule has 1 unspecified atom stereocenters. The summed E-state index contributed by atoms with van der Waals surface area (Å²) in [5.74, 6) is 3.38. The minimum Gasteiger partial charge on any atom is -0.368 e. The van der Waals surface area contributed by atoms with Crippen LogP contribution < -0.4 is 5.32 Å². The molecule has 4 nitrogen and oxygen atoms in total. The largest absolute Gasteiger partial charge is 0.368 e. The minimum absolute atomic E-state index is 0.0761. The Morgan fingerprint density at radius 3 is 2.94 bits per heavy atom. The molecule has 0 radical (unpaired) electrons. The summed E-state index contributed by atoms with van der Waals surface area (Å²) < 4.78 is 5.79. The molecule has 0 saturated carbocycles. The zero-order valence-corrected chi connectivity index (χ0v) is 11.7. The number of ether oxygens (including phenoxy) is 1. The molecule has 0 aromatic carbocycles. The van der Waals surface area contributed by atoms with Crippen LogP contribution in [0.4, 0.5) is 0 Å². The van der Waals surface area contributed by atoms with Gasteiger partial charge in [-0.05, 0) is 5.92 Å². The van der Waals surface area contributed by atoms with Crippen molar-refractivity contribution in [3.05, 3.63) is 22.8 Å². The molecule has 2 aliphatic rings. The zero-order valence-electron chi connectivity index (χ0n) is 10.9. The van der Waals surface area contributed by atoms with Crippen molar-refractivity contribution < 1.29 is 4.74 Å². The zero-order chi connectivity index (χ0) is 12.5. The smallest absolute Gasteiger partial charge is 0.158 e. The van der Waals surface area contributed by atoms with E-state index in [1.807, 2.05) is 11.8 Å². The Bertz CT molecular complexity index is 444. The van der Waals surface area contributed by atoms with E-state index in [0.717, 1.165) is 37.0 Å². The second-order valence-electron chi connectivity index (χ2n) is 5.08. The van der Waals surface area contributed by atoms with Crippen LogP contribution in [0.2, 0.25) is 0 Å². The quantitative estimate of drug-likeness (QED) is 0.886. The molecule has 0 aliphatic carbocycles. The van der Waals surface area contributed by atoms with Crippen LogP contribution >= 0.6 is 11.8 Å². The van der Waals surface area contributed by atoms with Crippen molar-refractivity contribution in [2.45, 2.75) is 39.0 Å². The highest BCUT2D eigenvalue weighted by molar-refractivity contribution is 7.99. The molecule has 1 saturated heterocycles. The molecule has 98 valence electrons. The Kier molecular flexibility index (Phi) is 3.54. The van der Waals surface area contributed by atoms with Crippen LogP contribution in [0, 0.1) is 0 Å². The van der Waals surface area contributed by atoms with Crippen molar-refractivity contribution in [2.75, 3.05) is 18.1 Å². The fraction of sp³-hybridized carbons (Fsp3) is 0.692. The highest BCUT2D eigenvalue weighted by Gasteiger charge is 2.25. The molecular formula is C13H19N3OS. The molecule has 1 N–H and O–H groups in total. The SMILES string of the molecule is CC(C)c1nc(C2CSCCO2)nc2c1CNC2. The lowest BCUT2D eigenvalue weighted by Crippen LogP contribution is -2.20. The van der Waals surface area contributed by atoms with Crippen LogP contribution in [0.5, 0.6) is 0 Å². The summed E-state index contributed by atoms with van der Waals surface area (Å²) in [4.78, 5) is 9.49. The average molecular weight is 265 g/mol. The van der Waals surface area contributed by atoms with Gasteiger partial charge in [0.15, 0.2) is 5.82 Å². The number of nitrogens with one attached hydrogen (secondary N) is 1. The van der Waals surface area contributed by atoms with E-state index in [9.17, 15) is 0 Å². The van der Waals surface area contributed by atoms with Crippen LogP contribution in [-0.2, 0) is 17.8 Å². The summed E-state index contributed by atoms with van der Waals surface area (Å²) in [7, 11) is 0. The van der Waals surface area contributed by atoms with Crippen molar-refractivity contribution in [1.29, 1.82) is 0 Å². The van der Waals surface area contributed by atoms with Gasteiger partial charge in [-0.3, -0.25) is 0 Å². The number of nitrogens with zero attached hydrogens (tertiary/aromatic N) is 2. The van der Waals surface area contributed by atoms with E-state index < -0.39 is 0 Å². The summed E-state index contributed by atoms with van der Waals surface area (Å²) >= 11 is 1.92. The van der Waals surface area contributed by atoms with Gasteiger partial charge in [-0.2, -0.15) is 11.8 Å². The van der Waals surface area contributed by atoms with E-state index in [1.165, 1.54) is 17.0 Å². The van der Waals surface area contributed by atoms with Crippen LogP contribution in [0.25, 0.3) is 0 Å². The highest BCUT2D eigenvalue weighted by atomic mass is 32.2. The van der Waals surface area contributed by atoms with Gasteiger partial charge >= 0.3 is 0 Å². The Balaban J connectivity index is 1.97. The second-order valence-corrected chi connectivity index (χ2v) is 6.23. The van der Waals surface area contributed by atoms with Crippen molar-refractivity contribution >= 4 is 11.8 Å². The maximum Gasteiger partial charge on any atom is 0.158 e. The lowest BCUT2D eigenvalue weighted by molar-refractivity contribution is 0.0690. The molecule has 1 fully saturated rings. The standard InChI is InChI=1S/C13H19N3OS/c1-8(2)12-9-5-14-6-10(9)15-13(16-12)11-7-18-4-3-17-11/h8,11,14H,3-7H2,1-2H3. The predicted octanol–water partition coefficient (Wildman–Crippen LogP) is 2.01. The van der Waals surface area contributed by atoms with Crippen molar-refractivity contribution in [3.8, 4) is 0 Å². The fourth-order valence-corrected chi connectivity index (χ4v) is 3.31. The molecular weight excluding hydrogens is 246 g/mol. The molecule has 0 spiro atoms. The Morgan fingerprint density at radius 2 is 2.22 bits per heavy atom. The third-order valence-electron chi connectivity index (χ3n) is 3.39. The molecule has 1 atom stereocenters. The van der Waals surface area contributed by atoms with Gasteiger partial charge in [0.2, 0.25) is 0 Å². The van der Waals surface area contributed by atoms with E-state index in [2.05, 4.69) is 19.2 Å². The first kappa shape index (κ1) is 12.4. The number of rotatable bonds is 2. The first-order valence-electron chi connectivity index (χ1n) is 6.55. The molecule has 0 amide bonds. The van der Waals surface area contributed by atoms with E-state index in [4.69, 9.17) is 14.7 Å². The van der Waals surface area contributed by atoms with Crippen LogP contribution in [0.15, 0.2) is 0 Å². The third-order valence-corrected chi connectivity index (χ3v) is 4.38. The molecule has 1 aromatic rings. The van der Waals surface area contributed by atoms with Crippen molar-refractivity contribution in [3.63, 3.8) is 0 Å². The summed E-state index contributed by atoms with van der Waals surface area (Å²) in [6, 6.07) is 0. The lowest BCUT2D eigenvalue weighted by Gasteiger charge is -2.22.